The van der Waals surface area contributed by atoms with E-state index in [9.17, 15) is 8.42 Å². The van der Waals surface area contributed by atoms with Crippen molar-refractivity contribution in [3.63, 3.8) is 0 Å². The van der Waals surface area contributed by atoms with E-state index in [0.717, 1.165) is 20.2 Å². The Morgan fingerprint density at radius 1 is 1.00 bits per heavy atom. The molecule has 0 bridgehead atoms. The van der Waals surface area contributed by atoms with Gasteiger partial charge in [0.15, 0.2) is 0 Å². The van der Waals surface area contributed by atoms with Crippen LogP contribution in [0.5, 0.6) is 0 Å². The van der Waals surface area contributed by atoms with Crippen LogP contribution in [0.15, 0.2) is 72.1 Å². The molecule has 3 aromatic rings. The Kier molecular flexibility index (Phi) is 5.62. The summed E-state index contributed by atoms with van der Waals surface area (Å²) < 4.78 is 32.9. The van der Waals surface area contributed by atoms with E-state index in [1.54, 1.807) is 24.3 Å². The lowest BCUT2D eigenvalue weighted by Crippen LogP contribution is -2.17. The lowest BCUT2D eigenvalue weighted by Gasteiger charge is -2.06. The van der Waals surface area contributed by atoms with Crippen LogP contribution in [0.2, 0.25) is 0 Å². The minimum Gasteiger partial charge on any atom is -0.316 e. The molecule has 0 unspecified atom stereocenters. The molecular weight excluding hydrogens is 488 g/mol. The highest BCUT2D eigenvalue weighted by Gasteiger charge is 2.14. The second-order valence-electron chi connectivity index (χ2n) is 5.17. The van der Waals surface area contributed by atoms with Gasteiger partial charge in [-0.15, -0.1) is 15.7 Å². The molecule has 0 N–H and O–H groups in total. The Bertz CT molecular complexity index is 1050. The monoisotopic (exact) mass is 500 g/mol. The van der Waals surface area contributed by atoms with Gasteiger partial charge < -0.3 is 4.57 Å². The van der Waals surface area contributed by atoms with Crippen molar-refractivity contribution in [3.05, 3.63) is 67.7 Å². The summed E-state index contributed by atoms with van der Waals surface area (Å²) in [7, 11) is -3.75. The number of thiazole rings is 1. The quantitative estimate of drug-likeness (QED) is 0.502. The molecule has 130 valence electrons. The fourth-order valence-electron chi connectivity index (χ4n) is 2.32. The maximum Gasteiger partial charge on any atom is 0.285 e. The molecule has 0 aliphatic carbocycles. The molecule has 4 nitrogen and oxygen atoms in total. The highest BCUT2D eigenvalue weighted by Crippen LogP contribution is 2.23. The lowest BCUT2D eigenvalue weighted by atomic mass is 10.2. The van der Waals surface area contributed by atoms with Crippen LogP contribution in [0.4, 0.5) is 0 Å². The average Bonchev–Trinajstić information content (AvgIpc) is 2.98. The minimum absolute atomic E-state index is 0.178. The van der Waals surface area contributed by atoms with Crippen molar-refractivity contribution in [2.75, 3.05) is 0 Å². The van der Waals surface area contributed by atoms with Gasteiger partial charge in [-0.25, -0.2) is 0 Å². The Hall–Kier alpha value is -1.22. The van der Waals surface area contributed by atoms with E-state index >= 15 is 0 Å². The summed E-state index contributed by atoms with van der Waals surface area (Å²) in [5.41, 5.74) is 1.97. The molecule has 25 heavy (non-hydrogen) atoms. The molecule has 0 saturated carbocycles. The van der Waals surface area contributed by atoms with E-state index in [-0.39, 0.29) is 4.90 Å². The van der Waals surface area contributed by atoms with Crippen LogP contribution in [0.25, 0.3) is 11.3 Å². The van der Waals surface area contributed by atoms with Gasteiger partial charge in [-0.05, 0) is 48.9 Å². The number of benzene rings is 2. The van der Waals surface area contributed by atoms with Crippen molar-refractivity contribution < 1.29 is 8.42 Å². The van der Waals surface area contributed by atoms with Crippen molar-refractivity contribution in [1.29, 1.82) is 0 Å². The zero-order chi connectivity index (χ0) is 18.0. The molecule has 0 fully saturated rings. The van der Waals surface area contributed by atoms with Gasteiger partial charge in [0.1, 0.15) is 0 Å². The zero-order valence-corrected chi connectivity index (χ0v) is 18.0. The molecular formula is C17H14Br2N2O2S2. The summed E-state index contributed by atoms with van der Waals surface area (Å²) in [6.07, 6.45) is 0. The Morgan fingerprint density at radius 2 is 1.56 bits per heavy atom. The molecule has 0 aliphatic rings. The minimum atomic E-state index is -3.75. The highest BCUT2D eigenvalue weighted by atomic mass is 79.9. The Balaban J connectivity index is 2.10. The Morgan fingerprint density at radius 3 is 2.12 bits per heavy atom. The van der Waals surface area contributed by atoms with E-state index in [1.165, 1.54) is 11.3 Å². The van der Waals surface area contributed by atoms with Gasteiger partial charge in [-0.2, -0.15) is 8.42 Å². The molecule has 0 radical (unpaired) electrons. The van der Waals surface area contributed by atoms with Crippen molar-refractivity contribution in [1.82, 2.24) is 4.57 Å². The van der Waals surface area contributed by atoms with Crippen LogP contribution in [0, 0.1) is 0 Å². The topological polar surface area (TPSA) is 51.4 Å². The summed E-state index contributed by atoms with van der Waals surface area (Å²) in [6.45, 7) is 2.60. The summed E-state index contributed by atoms with van der Waals surface area (Å²) in [5, 5.41) is 1.93. The van der Waals surface area contributed by atoms with Crippen molar-refractivity contribution in [2.24, 2.45) is 4.40 Å². The van der Waals surface area contributed by atoms with Crippen LogP contribution in [0.1, 0.15) is 6.92 Å². The van der Waals surface area contributed by atoms with Gasteiger partial charge in [-0.3, -0.25) is 0 Å². The van der Waals surface area contributed by atoms with Crippen LogP contribution >= 0.6 is 43.2 Å². The third kappa shape index (κ3) is 4.13. The lowest BCUT2D eigenvalue weighted by molar-refractivity contribution is 0.595. The number of hydrogen-bond donors (Lipinski definition) is 0. The smallest absolute Gasteiger partial charge is 0.285 e. The predicted molar refractivity (Wildman–Crippen MR) is 108 cm³/mol. The second-order valence-corrected chi connectivity index (χ2v) is 9.45. The van der Waals surface area contributed by atoms with Crippen LogP contribution < -0.4 is 4.80 Å². The van der Waals surface area contributed by atoms with Crippen LogP contribution in [-0.2, 0) is 16.6 Å². The van der Waals surface area contributed by atoms with Gasteiger partial charge >= 0.3 is 0 Å². The van der Waals surface area contributed by atoms with Gasteiger partial charge in [0.05, 0.1) is 10.6 Å². The van der Waals surface area contributed by atoms with Crippen molar-refractivity contribution >= 4 is 53.2 Å². The molecule has 0 amide bonds. The largest absolute Gasteiger partial charge is 0.316 e. The first-order chi connectivity index (χ1) is 11.9. The summed E-state index contributed by atoms with van der Waals surface area (Å²) in [5.74, 6) is 0. The summed E-state index contributed by atoms with van der Waals surface area (Å²) >= 11 is 8.05. The third-order valence-corrected chi connectivity index (χ3v) is 6.88. The first-order valence-corrected chi connectivity index (χ1v) is 11.3. The van der Waals surface area contributed by atoms with Crippen molar-refractivity contribution in [3.8, 4) is 11.3 Å². The molecule has 1 heterocycles. The van der Waals surface area contributed by atoms with Crippen LogP contribution in [0.3, 0.4) is 0 Å². The normalized spacial score (nSPS) is 12.5. The van der Waals surface area contributed by atoms with Gasteiger partial charge in [0.2, 0.25) is 4.80 Å². The van der Waals surface area contributed by atoms with E-state index in [4.69, 9.17) is 0 Å². The fraction of sp³-hybridized carbons (Fsp3) is 0.118. The first-order valence-electron chi connectivity index (χ1n) is 7.41. The fourth-order valence-corrected chi connectivity index (χ4v) is 5.04. The summed E-state index contributed by atoms with van der Waals surface area (Å²) in [4.78, 5) is 0.639. The molecule has 0 atom stereocenters. The number of halogens is 2. The predicted octanol–water partition coefficient (Wildman–Crippen LogP) is 5.05. The molecule has 0 spiro atoms. The summed E-state index contributed by atoms with van der Waals surface area (Å²) in [6, 6.07) is 14.4. The van der Waals surface area contributed by atoms with E-state index in [1.807, 2.05) is 41.1 Å². The molecule has 3 rings (SSSR count). The maximum atomic E-state index is 12.6. The molecule has 8 heteroatoms. The maximum absolute atomic E-state index is 12.6. The van der Waals surface area contributed by atoms with Gasteiger partial charge in [0, 0.05) is 20.9 Å². The first kappa shape index (κ1) is 18.6. The molecule has 0 aliphatic heterocycles. The number of rotatable bonds is 4. The standard InChI is InChI=1S/C17H14Br2N2O2S2/c1-2-21-16(12-3-5-13(18)6-4-12)11-24-17(21)20-25(22,23)15-9-7-14(19)8-10-15/h3-11H,2H2,1H3. The number of aromatic nitrogens is 1. The highest BCUT2D eigenvalue weighted by molar-refractivity contribution is 9.10. The average molecular weight is 502 g/mol. The second kappa shape index (κ2) is 7.57. The Labute approximate surface area is 167 Å². The van der Waals surface area contributed by atoms with Gasteiger partial charge in [0.25, 0.3) is 10.0 Å². The third-order valence-electron chi connectivity index (χ3n) is 3.56. The van der Waals surface area contributed by atoms with Gasteiger partial charge in [-0.1, -0.05) is 44.0 Å². The SMILES string of the molecule is CCn1c(-c2ccc(Br)cc2)csc1=NS(=O)(=O)c1ccc(Br)cc1. The molecule has 0 saturated heterocycles. The van der Waals surface area contributed by atoms with E-state index in [0.29, 0.717) is 11.3 Å². The molecule has 2 aromatic carbocycles. The van der Waals surface area contributed by atoms with E-state index < -0.39 is 10.0 Å². The number of nitrogens with zero attached hydrogens (tertiary/aromatic N) is 2. The number of sulfonamides is 1. The zero-order valence-electron chi connectivity index (χ0n) is 13.2. The molecule has 1 aromatic heterocycles. The van der Waals surface area contributed by atoms with E-state index in [2.05, 4.69) is 36.3 Å². The number of hydrogen-bond acceptors (Lipinski definition) is 3. The van der Waals surface area contributed by atoms with Crippen LogP contribution in [-0.4, -0.2) is 13.0 Å². The van der Waals surface area contributed by atoms with Crippen molar-refractivity contribution in [2.45, 2.75) is 18.4 Å².